The molecule has 1 aliphatic rings. The van der Waals surface area contributed by atoms with Crippen molar-refractivity contribution in [3.8, 4) is 6.07 Å². The predicted molar refractivity (Wildman–Crippen MR) is 122 cm³/mol. The first-order valence-corrected chi connectivity index (χ1v) is 10.5. The molecule has 6 heteroatoms. The zero-order valence-corrected chi connectivity index (χ0v) is 19.3. The standard InChI is InChI=1S/C26H28N2O4/c1-25(2,3)31-23(29)28(24(30)32-26(4,5)6)21-15-18-11-7-8-13-20(18)22(21)19-12-9-10-17(14-19)16-27/h7-15,22H,1-6H3. The lowest BCUT2D eigenvalue weighted by atomic mass is 9.90. The predicted octanol–water partition coefficient (Wildman–Crippen LogP) is 6.22. The van der Waals surface area contributed by atoms with Crippen LogP contribution in [0, 0.1) is 11.3 Å². The van der Waals surface area contributed by atoms with Crippen molar-refractivity contribution < 1.29 is 19.1 Å². The quantitative estimate of drug-likeness (QED) is 0.563. The van der Waals surface area contributed by atoms with Gasteiger partial charge in [-0.25, -0.2) is 9.59 Å². The maximum absolute atomic E-state index is 13.2. The first kappa shape index (κ1) is 23.1. The van der Waals surface area contributed by atoms with Crippen molar-refractivity contribution in [1.82, 2.24) is 4.90 Å². The Morgan fingerprint density at radius 2 is 1.50 bits per heavy atom. The Balaban J connectivity index is 2.15. The molecule has 166 valence electrons. The number of benzene rings is 2. The van der Waals surface area contributed by atoms with E-state index in [0.717, 1.165) is 21.6 Å². The Hall–Kier alpha value is -3.59. The average molecular weight is 433 g/mol. The van der Waals surface area contributed by atoms with Crippen LogP contribution in [0.25, 0.3) is 6.08 Å². The van der Waals surface area contributed by atoms with Gasteiger partial charge in [0.15, 0.2) is 0 Å². The summed E-state index contributed by atoms with van der Waals surface area (Å²) < 4.78 is 11.1. The number of rotatable bonds is 2. The van der Waals surface area contributed by atoms with Gasteiger partial charge in [0.25, 0.3) is 0 Å². The first-order valence-electron chi connectivity index (χ1n) is 10.5. The van der Waals surface area contributed by atoms with E-state index in [1.807, 2.05) is 30.3 Å². The van der Waals surface area contributed by atoms with Crippen LogP contribution in [0.2, 0.25) is 0 Å². The van der Waals surface area contributed by atoms with Gasteiger partial charge in [-0.1, -0.05) is 36.4 Å². The number of nitrogens with zero attached hydrogens (tertiary/aromatic N) is 2. The molecule has 0 saturated heterocycles. The van der Waals surface area contributed by atoms with Crippen LogP contribution in [0.5, 0.6) is 0 Å². The number of hydrogen-bond acceptors (Lipinski definition) is 5. The van der Waals surface area contributed by atoms with Gasteiger partial charge < -0.3 is 9.47 Å². The minimum atomic E-state index is -0.813. The number of carbonyl (C=O) groups is 2. The number of allylic oxidation sites excluding steroid dienone is 1. The second kappa shape index (κ2) is 8.51. The molecule has 2 aromatic carbocycles. The summed E-state index contributed by atoms with van der Waals surface area (Å²) in [5.74, 6) is -0.445. The summed E-state index contributed by atoms with van der Waals surface area (Å²) in [7, 11) is 0. The van der Waals surface area contributed by atoms with Gasteiger partial charge in [0.2, 0.25) is 0 Å². The van der Waals surface area contributed by atoms with Gasteiger partial charge in [-0.15, -0.1) is 0 Å². The number of fused-ring (bicyclic) bond motifs is 1. The Labute approximate surface area is 189 Å². The fourth-order valence-corrected chi connectivity index (χ4v) is 3.54. The lowest BCUT2D eigenvalue weighted by Crippen LogP contribution is -2.43. The van der Waals surface area contributed by atoms with Crippen LogP contribution in [0.3, 0.4) is 0 Å². The van der Waals surface area contributed by atoms with Crippen LogP contribution in [-0.4, -0.2) is 28.3 Å². The molecular formula is C26H28N2O4. The fraction of sp³-hybridized carbons (Fsp3) is 0.346. The summed E-state index contributed by atoms with van der Waals surface area (Å²) in [6.45, 7) is 10.4. The van der Waals surface area contributed by atoms with E-state index < -0.39 is 29.3 Å². The lowest BCUT2D eigenvalue weighted by Gasteiger charge is -2.31. The summed E-state index contributed by atoms with van der Waals surface area (Å²) in [6, 6.07) is 17.0. The highest BCUT2D eigenvalue weighted by Gasteiger charge is 2.40. The average Bonchev–Trinajstić information content (AvgIpc) is 3.04. The molecule has 32 heavy (non-hydrogen) atoms. The molecule has 0 aromatic heterocycles. The van der Waals surface area contributed by atoms with Gasteiger partial charge >= 0.3 is 12.2 Å². The van der Waals surface area contributed by atoms with E-state index in [-0.39, 0.29) is 0 Å². The van der Waals surface area contributed by atoms with E-state index in [0.29, 0.717) is 11.3 Å². The zero-order chi connectivity index (χ0) is 23.7. The smallest absolute Gasteiger partial charge is 0.424 e. The Kier molecular flexibility index (Phi) is 6.13. The van der Waals surface area contributed by atoms with Crippen LogP contribution in [0.15, 0.2) is 54.2 Å². The summed E-state index contributed by atoms with van der Waals surface area (Å²) >= 11 is 0. The van der Waals surface area contributed by atoms with Gasteiger partial charge in [0, 0.05) is 5.70 Å². The second-order valence-electron chi connectivity index (χ2n) is 9.66. The Morgan fingerprint density at radius 3 is 2.06 bits per heavy atom. The van der Waals surface area contributed by atoms with Crippen LogP contribution < -0.4 is 0 Å². The van der Waals surface area contributed by atoms with E-state index in [1.165, 1.54) is 0 Å². The molecule has 0 saturated carbocycles. The van der Waals surface area contributed by atoms with Gasteiger partial charge in [-0.2, -0.15) is 10.2 Å². The number of ether oxygens (including phenoxy) is 2. The van der Waals surface area contributed by atoms with E-state index in [1.54, 1.807) is 65.8 Å². The summed E-state index contributed by atoms with van der Waals surface area (Å²) in [6.07, 6.45) is 0.173. The maximum Gasteiger partial charge on any atom is 0.424 e. The largest absolute Gasteiger partial charge is 0.443 e. The molecule has 0 fully saturated rings. The zero-order valence-electron chi connectivity index (χ0n) is 19.3. The number of hydrogen-bond donors (Lipinski definition) is 0. The third-order valence-electron chi connectivity index (χ3n) is 4.67. The van der Waals surface area contributed by atoms with Gasteiger partial charge in [0.1, 0.15) is 11.2 Å². The highest BCUT2D eigenvalue weighted by Crippen LogP contribution is 2.43. The molecule has 2 aromatic rings. The second-order valence-corrected chi connectivity index (χ2v) is 9.66. The van der Waals surface area contributed by atoms with Crippen molar-refractivity contribution in [2.45, 2.75) is 58.7 Å². The van der Waals surface area contributed by atoms with E-state index >= 15 is 0 Å². The van der Waals surface area contributed by atoms with Crippen LogP contribution >= 0.6 is 0 Å². The lowest BCUT2D eigenvalue weighted by molar-refractivity contribution is 0.00779. The highest BCUT2D eigenvalue weighted by atomic mass is 16.6. The summed E-state index contributed by atoms with van der Waals surface area (Å²) in [4.78, 5) is 27.4. The third-order valence-corrected chi connectivity index (χ3v) is 4.67. The molecule has 0 bridgehead atoms. The number of imide groups is 1. The molecule has 0 N–H and O–H groups in total. The molecule has 3 rings (SSSR count). The van der Waals surface area contributed by atoms with Crippen molar-refractivity contribution in [3.63, 3.8) is 0 Å². The first-order chi connectivity index (χ1) is 14.9. The molecular weight excluding hydrogens is 404 g/mol. The van der Waals surface area contributed by atoms with Crippen molar-refractivity contribution in [1.29, 1.82) is 5.26 Å². The minimum absolute atomic E-state index is 0.421. The fourth-order valence-electron chi connectivity index (χ4n) is 3.54. The van der Waals surface area contributed by atoms with Crippen molar-refractivity contribution >= 4 is 18.3 Å². The van der Waals surface area contributed by atoms with Crippen molar-refractivity contribution in [2.75, 3.05) is 0 Å². The molecule has 0 heterocycles. The summed E-state index contributed by atoms with van der Waals surface area (Å²) in [5.41, 5.74) is 1.90. The Morgan fingerprint density at radius 1 is 0.906 bits per heavy atom. The number of nitriles is 1. The van der Waals surface area contributed by atoms with Gasteiger partial charge in [-0.05, 0) is 76.4 Å². The number of amides is 2. The van der Waals surface area contributed by atoms with E-state index in [2.05, 4.69) is 6.07 Å². The van der Waals surface area contributed by atoms with Crippen molar-refractivity contribution in [2.24, 2.45) is 0 Å². The van der Waals surface area contributed by atoms with Gasteiger partial charge in [0.05, 0.1) is 17.6 Å². The Bertz CT molecular complexity index is 1090. The van der Waals surface area contributed by atoms with Gasteiger partial charge in [-0.3, -0.25) is 0 Å². The van der Waals surface area contributed by atoms with Crippen molar-refractivity contribution in [3.05, 3.63) is 76.5 Å². The summed E-state index contributed by atoms with van der Waals surface area (Å²) in [5, 5.41) is 9.38. The molecule has 2 amide bonds. The van der Waals surface area contributed by atoms with Crippen LogP contribution in [0.1, 0.15) is 69.7 Å². The topological polar surface area (TPSA) is 79.6 Å². The molecule has 1 unspecified atom stereocenters. The van der Waals surface area contributed by atoms with Crippen LogP contribution in [0.4, 0.5) is 9.59 Å². The van der Waals surface area contributed by atoms with E-state index in [9.17, 15) is 14.9 Å². The number of carbonyl (C=O) groups excluding carboxylic acids is 2. The minimum Gasteiger partial charge on any atom is -0.443 e. The third kappa shape index (κ3) is 5.17. The maximum atomic E-state index is 13.2. The van der Waals surface area contributed by atoms with Crippen LogP contribution in [-0.2, 0) is 9.47 Å². The normalized spacial score (nSPS) is 15.3. The molecule has 1 atom stereocenters. The highest BCUT2D eigenvalue weighted by molar-refractivity contribution is 5.93. The molecule has 0 radical (unpaired) electrons. The molecule has 1 aliphatic carbocycles. The molecule has 0 spiro atoms. The van der Waals surface area contributed by atoms with E-state index in [4.69, 9.17) is 9.47 Å². The SMILES string of the molecule is CC(C)(C)OC(=O)N(C(=O)OC(C)(C)C)C1=Cc2ccccc2C1c1cccc(C#N)c1. The monoisotopic (exact) mass is 432 g/mol. The molecule has 6 nitrogen and oxygen atoms in total. The molecule has 0 aliphatic heterocycles.